The van der Waals surface area contributed by atoms with Crippen molar-refractivity contribution in [3.8, 4) is 44.5 Å². The minimum atomic E-state index is 0. The average Bonchev–Trinajstić information content (AvgIpc) is 3.22. The quantitative estimate of drug-likeness (QED) is 0.202. The number of rotatable bonds is 4. The molecular weight excluding hydrogens is 404 g/mol. The molecule has 0 saturated carbocycles. The molecule has 0 aliphatic rings. The van der Waals surface area contributed by atoms with Gasteiger partial charge in [0.25, 0.3) is 0 Å². The summed E-state index contributed by atoms with van der Waals surface area (Å²) in [5.41, 5.74) is 10.1. The molecule has 0 N–H and O–H groups in total. The third-order valence-electron chi connectivity index (χ3n) is 5.37. The summed E-state index contributed by atoms with van der Waals surface area (Å²) in [5, 5.41) is 0. The van der Waals surface area contributed by atoms with Crippen LogP contribution < -0.4 is 0 Å². The van der Waals surface area contributed by atoms with Crippen LogP contribution in [0.1, 0.15) is 0 Å². The second-order valence-corrected chi connectivity index (χ2v) is 7.19. The molecule has 0 aliphatic carbocycles. The SMILES string of the molecule is [Fe].c1ccc(-c2c[c-](-c3ccccc3)c(-c3ccccc3)c2-c2ccccc2)cc1. The van der Waals surface area contributed by atoms with Gasteiger partial charge in [0, 0.05) is 17.1 Å². The maximum absolute atomic E-state index is 2.36. The molecular formula is C29H21Fe-. The van der Waals surface area contributed by atoms with Crippen molar-refractivity contribution in [1.82, 2.24) is 0 Å². The fourth-order valence-electron chi connectivity index (χ4n) is 4.06. The first-order chi connectivity index (χ1) is 14.4. The molecule has 0 atom stereocenters. The summed E-state index contributed by atoms with van der Waals surface area (Å²) in [6, 6.07) is 45.2. The van der Waals surface area contributed by atoms with Crippen molar-refractivity contribution in [2.45, 2.75) is 0 Å². The van der Waals surface area contributed by atoms with Crippen LogP contribution in [-0.2, 0) is 17.1 Å². The molecule has 0 aliphatic heterocycles. The Morgan fingerprint density at radius 1 is 0.433 bits per heavy atom. The Bertz CT molecular complexity index is 1110. The van der Waals surface area contributed by atoms with Gasteiger partial charge in [-0.1, -0.05) is 148 Å². The van der Waals surface area contributed by atoms with Crippen LogP contribution in [0.3, 0.4) is 0 Å². The summed E-state index contributed by atoms with van der Waals surface area (Å²) in [5.74, 6) is 0. The van der Waals surface area contributed by atoms with E-state index in [0.29, 0.717) is 0 Å². The van der Waals surface area contributed by atoms with Gasteiger partial charge in [0.05, 0.1) is 0 Å². The Hall–Kier alpha value is -3.25. The Morgan fingerprint density at radius 2 is 0.867 bits per heavy atom. The molecule has 0 bridgehead atoms. The largest absolute Gasteiger partial charge is 0.108 e. The zero-order valence-electron chi connectivity index (χ0n) is 16.5. The van der Waals surface area contributed by atoms with Crippen LogP contribution in [0.15, 0.2) is 127 Å². The molecule has 0 amide bonds. The number of benzene rings is 4. The normalized spacial score (nSPS) is 10.4. The third-order valence-corrected chi connectivity index (χ3v) is 5.37. The van der Waals surface area contributed by atoms with Crippen LogP contribution in [0, 0.1) is 0 Å². The standard InChI is InChI=1S/C29H21.Fe/c1-5-13-22(14-6-1)26-21-27(23-15-7-2-8-16-23)29(25-19-11-4-12-20-25)28(26)24-17-9-3-10-18-24;/h1-21H;/q-1;. The smallest absolute Gasteiger partial charge is 0 e. The van der Waals surface area contributed by atoms with E-state index in [2.05, 4.69) is 127 Å². The van der Waals surface area contributed by atoms with Crippen molar-refractivity contribution in [2.75, 3.05) is 0 Å². The van der Waals surface area contributed by atoms with E-state index in [1.165, 1.54) is 44.5 Å². The van der Waals surface area contributed by atoms with Gasteiger partial charge in [0.1, 0.15) is 0 Å². The van der Waals surface area contributed by atoms with Crippen molar-refractivity contribution in [3.05, 3.63) is 127 Å². The van der Waals surface area contributed by atoms with Gasteiger partial charge in [-0.3, -0.25) is 0 Å². The Labute approximate surface area is 188 Å². The van der Waals surface area contributed by atoms with Crippen LogP contribution >= 0.6 is 0 Å². The van der Waals surface area contributed by atoms with E-state index in [0.717, 1.165) is 0 Å². The summed E-state index contributed by atoms with van der Waals surface area (Å²) in [6.07, 6.45) is 0. The van der Waals surface area contributed by atoms with Crippen LogP contribution in [-0.4, -0.2) is 0 Å². The molecule has 30 heavy (non-hydrogen) atoms. The summed E-state index contributed by atoms with van der Waals surface area (Å²) in [6.45, 7) is 0. The van der Waals surface area contributed by atoms with Crippen molar-refractivity contribution in [1.29, 1.82) is 0 Å². The first-order valence-electron chi connectivity index (χ1n) is 9.97. The molecule has 5 rings (SSSR count). The monoisotopic (exact) mass is 425 g/mol. The Morgan fingerprint density at radius 3 is 1.40 bits per heavy atom. The van der Waals surface area contributed by atoms with Crippen molar-refractivity contribution in [3.63, 3.8) is 0 Å². The third kappa shape index (κ3) is 3.78. The molecule has 1 heteroatoms. The fraction of sp³-hybridized carbons (Fsp3) is 0. The minimum Gasteiger partial charge on any atom is -0.108 e. The molecule has 0 fully saturated rings. The molecule has 5 aromatic rings. The van der Waals surface area contributed by atoms with E-state index in [1.54, 1.807) is 0 Å². The van der Waals surface area contributed by atoms with E-state index >= 15 is 0 Å². The topological polar surface area (TPSA) is 0 Å². The second kappa shape index (κ2) is 9.05. The van der Waals surface area contributed by atoms with Gasteiger partial charge in [-0.2, -0.15) is 0 Å². The predicted octanol–water partition coefficient (Wildman–Crippen LogP) is 8.07. The summed E-state index contributed by atoms with van der Waals surface area (Å²) in [4.78, 5) is 0. The van der Waals surface area contributed by atoms with Gasteiger partial charge >= 0.3 is 0 Å². The zero-order chi connectivity index (χ0) is 19.5. The first-order valence-corrected chi connectivity index (χ1v) is 9.97. The molecule has 0 spiro atoms. The van der Waals surface area contributed by atoms with Crippen molar-refractivity contribution < 1.29 is 17.1 Å². The molecule has 0 radical (unpaired) electrons. The van der Waals surface area contributed by atoms with Crippen molar-refractivity contribution >= 4 is 0 Å². The number of hydrogen-bond acceptors (Lipinski definition) is 0. The van der Waals surface area contributed by atoms with Crippen LogP contribution in [0.25, 0.3) is 44.5 Å². The van der Waals surface area contributed by atoms with E-state index < -0.39 is 0 Å². The maximum Gasteiger partial charge on any atom is 0 e. The molecule has 146 valence electrons. The zero-order valence-corrected chi connectivity index (χ0v) is 17.6. The maximum atomic E-state index is 2.36. The molecule has 0 heterocycles. The minimum absolute atomic E-state index is 0. The van der Waals surface area contributed by atoms with Crippen LogP contribution in [0.4, 0.5) is 0 Å². The first kappa shape index (κ1) is 20.0. The van der Waals surface area contributed by atoms with Gasteiger partial charge < -0.3 is 0 Å². The van der Waals surface area contributed by atoms with Crippen molar-refractivity contribution in [2.24, 2.45) is 0 Å². The van der Waals surface area contributed by atoms with E-state index in [4.69, 9.17) is 0 Å². The fourth-order valence-corrected chi connectivity index (χ4v) is 4.06. The van der Waals surface area contributed by atoms with E-state index in [9.17, 15) is 0 Å². The van der Waals surface area contributed by atoms with Gasteiger partial charge in [-0.15, -0.1) is 23.8 Å². The molecule has 0 unspecified atom stereocenters. The second-order valence-electron chi connectivity index (χ2n) is 7.19. The van der Waals surface area contributed by atoms with Gasteiger partial charge in [0.15, 0.2) is 0 Å². The summed E-state index contributed by atoms with van der Waals surface area (Å²) >= 11 is 0. The Balaban J connectivity index is 0.00000218. The molecule has 0 aromatic heterocycles. The van der Waals surface area contributed by atoms with Crippen LogP contribution in [0.2, 0.25) is 0 Å². The van der Waals surface area contributed by atoms with E-state index in [-0.39, 0.29) is 17.1 Å². The van der Waals surface area contributed by atoms with E-state index in [1.807, 2.05) is 0 Å². The molecule has 0 nitrogen and oxygen atoms in total. The molecule has 0 saturated heterocycles. The summed E-state index contributed by atoms with van der Waals surface area (Å²) < 4.78 is 0. The number of hydrogen-bond donors (Lipinski definition) is 0. The predicted molar refractivity (Wildman–Crippen MR) is 124 cm³/mol. The molecule has 5 aromatic carbocycles. The van der Waals surface area contributed by atoms with Gasteiger partial charge in [-0.05, 0) is 0 Å². The summed E-state index contributed by atoms with van der Waals surface area (Å²) in [7, 11) is 0. The Kier molecular flexibility index (Phi) is 6.04. The van der Waals surface area contributed by atoms with Crippen LogP contribution in [0.5, 0.6) is 0 Å². The van der Waals surface area contributed by atoms with Gasteiger partial charge in [0.2, 0.25) is 0 Å². The average molecular weight is 425 g/mol. The van der Waals surface area contributed by atoms with Gasteiger partial charge in [-0.25, -0.2) is 0 Å².